The molecular weight excluding hydrogens is 468 g/mol. The molecule has 0 aliphatic carbocycles. The molecule has 0 heterocycles. The Morgan fingerprint density at radius 2 is 1.47 bits per heavy atom. The fourth-order valence-corrected chi connectivity index (χ4v) is 4.52. The van der Waals surface area contributed by atoms with Gasteiger partial charge >= 0.3 is 0 Å². The molecule has 1 atom stereocenters. The second-order valence-electron chi connectivity index (χ2n) is 11.3. The summed E-state index contributed by atoms with van der Waals surface area (Å²) in [4.78, 5) is 29.1. The van der Waals surface area contributed by atoms with Crippen molar-refractivity contribution in [2.24, 2.45) is 0 Å². The van der Waals surface area contributed by atoms with Crippen molar-refractivity contribution in [1.82, 2.24) is 10.2 Å². The van der Waals surface area contributed by atoms with Crippen molar-refractivity contribution in [3.8, 4) is 0 Å². The molecule has 202 valence electrons. The van der Waals surface area contributed by atoms with E-state index >= 15 is 0 Å². The van der Waals surface area contributed by atoms with E-state index in [1.165, 1.54) is 11.1 Å². The average Bonchev–Trinajstić information content (AvgIpc) is 2.90. The smallest absolute Gasteiger partial charge is 0.243 e. The molecular formula is C34H44N2O2. The molecule has 0 saturated carbocycles. The zero-order valence-electron chi connectivity index (χ0n) is 23.8. The highest BCUT2D eigenvalue weighted by atomic mass is 16.2. The molecule has 3 aromatic carbocycles. The summed E-state index contributed by atoms with van der Waals surface area (Å²) in [6.45, 7) is 11.8. The molecule has 0 saturated heterocycles. The Balaban J connectivity index is 1.85. The Bertz CT molecular complexity index is 1150. The highest BCUT2D eigenvalue weighted by molar-refractivity contribution is 5.88. The largest absolute Gasteiger partial charge is 0.354 e. The van der Waals surface area contributed by atoms with Crippen LogP contribution in [0.2, 0.25) is 0 Å². The predicted octanol–water partition coefficient (Wildman–Crippen LogP) is 6.78. The lowest BCUT2D eigenvalue weighted by Crippen LogP contribution is -2.50. The van der Waals surface area contributed by atoms with E-state index in [0.29, 0.717) is 32.4 Å². The van der Waals surface area contributed by atoms with Gasteiger partial charge in [0, 0.05) is 25.9 Å². The Morgan fingerprint density at radius 1 is 0.842 bits per heavy atom. The minimum atomic E-state index is -0.577. The van der Waals surface area contributed by atoms with E-state index in [1.54, 1.807) is 4.90 Å². The van der Waals surface area contributed by atoms with Gasteiger partial charge < -0.3 is 10.2 Å². The third-order valence-electron chi connectivity index (χ3n) is 7.02. The molecule has 1 N–H and O–H groups in total. The van der Waals surface area contributed by atoms with Crippen LogP contribution in [0.3, 0.4) is 0 Å². The van der Waals surface area contributed by atoms with E-state index in [0.717, 1.165) is 29.5 Å². The van der Waals surface area contributed by atoms with Crippen molar-refractivity contribution in [2.45, 2.75) is 84.7 Å². The van der Waals surface area contributed by atoms with Crippen molar-refractivity contribution in [2.75, 3.05) is 6.54 Å². The molecule has 0 radical (unpaired) electrons. The van der Waals surface area contributed by atoms with Gasteiger partial charge in [-0.3, -0.25) is 9.59 Å². The SMILES string of the molecule is CCCCNC(=O)C(Cc1ccccc1)N(Cc1ccc(C)cc1)C(=O)CCc1ccc(C(C)(C)C)cc1. The fraction of sp³-hybridized carbons (Fsp3) is 0.412. The molecule has 38 heavy (non-hydrogen) atoms. The van der Waals surface area contributed by atoms with E-state index in [-0.39, 0.29) is 17.2 Å². The van der Waals surface area contributed by atoms with Gasteiger partial charge in [0.05, 0.1) is 0 Å². The van der Waals surface area contributed by atoms with Crippen LogP contribution >= 0.6 is 0 Å². The summed E-state index contributed by atoms with van der Waals surface area (Å²) in [6, 6.07) is 26.2. The fourth-order valence-electron chi connectivity index (χ4n) is 4.52. The van der Waals surface area contributed by atoms with Crippen LogP contribution in [0, 0.1) is 6.92 Å². The standard InChI is InChI=1S/C34H44N2O2/c1-6-7-23-35-33(38)31(24-28-11-9-8-10-12-28)36(25-29-15-13-26(2)14-16-29)32(37)22-19-27-17-20-30(21-18-27)34(3,4)5/h8-18,20-21,31H,6-7,19,22-25H2,1-5H3,(H,35,38). The first-order valence-electron chi connectivity index (χ1n) is 13.9. The van der Waals surface area contributed by atoms with Crippen LogP contribution in [0.15, 0.2) is 78.9 Å². The van der Waals surface area contributed by atoms with Crippen molar-refractivity contribution < 1.29 is 9.59 Å². The molecule has 0 aliphatic rings. The Kier molecular flexibility index (Phi) is 10.7. The van der Waals surface area contributed by atoms with Crippen molar-refractivity contribution in [3.05, 3.63) is 107 Å². The summed E-state index contributed by atoms with van der Waals surface area (Å²) in [7, 11) is 0. The highest BCUT2D eigenvalue weighted by Crippen LogP contribution is 2.23. The molecule has 4 nitrogen and oxygen atoms in total. The maximum atomic E-state index is 13.8. The zero-order valence-corrected chi connectivity index (χ0v) is 23.8. The Labute approximate surface area is 229 Å². The molecule has 0 bridgehead atoms. The van der Waals surface area contributed by atoms with Gasteiger partial charge in [-0.25, -0.2) is 0 Å². The normalized spacial score (nSPS) is 12.1. The third-order valence-corrected chi connectivity index (χ3v) is 7.02. The summed E-state index contributed by atoms with van der Waals surface area (Å²) in [5, 5.41) is 3.10. The first kappa shape index (κ1) is 29.2. The number of amides is 2. The number of carbonyl (C=O) groups excluding carboxylic acids is 2. The topological polar surface area (TPSA) is 49.4 Å². The van der Waals surface area contributed by atoms with Gasteiger partial charge in [0.1, 0.15) is 6.04 Å². The molecule has 1 unspecified atom stereocenters. The number of hydrogen-bond acceptors (Lipinski definition) is 2. The first-order chi connectivity index (χ1) is 18.2. The summed E-state index contributed by atoms with van der Waals surface area (Å²) >= 11 is 0. The minimum Gasteiger partial charge on any atom is -0.354 e. The summed E-state index contributed by atoms with van der Waals surface area (Å²) in [5.74, 6) is -0.0886. The number of nitrogens with zero attached hydrogens (tertiary/aromatic N) is 1. The van der Waals surface area contributed by atoms with Gasteiger partial charge in [0.25, 0.3) is 0 Å². The van der Waals surface area contributed by atoms with Crippen molar-refractivity contribution >= 4 is 11.8 Å². The average molecular weight is 513 g/mol. The van der Waals surface area contributed by atoms with Crippen LogP contribution < -0.4 is 5.32 Å². The van der Waals surface area contributed by atoms with Crippen LogP contribution in [0.5, 0.6) is 0 Å². The summed E-state index contributed by atoms with van der Waals surface area (Å²) < 4.78 is 0. The molecule has 0 fully saturated rings. The molecule has 2 amide bonds. The summed E-state index contributed by atoms with van der Waals surface area (Å²) in [5.41, 5.74) is 5.74. The summed E-state index contributed by atoms with van der Waals surface area (Å²) in [6.07, 6.45) is 3.40. The zero-order chi connectivity index (χ0) is 27.5. The van der Waals surface area contributed by atoms with E-state index in [1.807, 2.05) is 30.3 Å². The van der Waals surface area contributed by atoms with Gasteiger partial charge in [-0.05, 0) is 47.4 Å². The quantitative estimate of drug-likeness (QED) is 0.272. The third kappa shape index (κ3) is 8.86. The monoisotopic (exact) mass is 512 g/mol. The lowest BCUT2D eigenvalue weighted by molar-refractivity contribution is -0.141. The molecule has 0 aliphatic heterocycles. The maximum absolute atomic E-state index is 13.8. The maximum Gasteiger partial charge on any atom is 0.243 e. The molecule has 4 heteroatoms. The van der Waals surface area contributed by atoms with Crippen LogP contribution in [0.1, 0.15) is 74.8 Å². The Hall–Kier alpha value is -3.40. The highest BCUT2D eigenvalue weighted by Gasteiger charge is 2.30. The minimum absolute atomic E-state index is 0.00274. The van der Waals surface area contributed by atoms with Crippen LogP contribution in [0.25, 0.3) is 0 Å². The van der Waals surface area contributed by atoms with E-state index < -0.39 is 6.04 Å². The van der Waals surface area contributed by atoms with Crippen molar-refractivity contribution in [1.29, 1.82) is 0 Å². The van der Waals surface area contributed by atoms with Crippen molar-refractivity contribution in [3.63, 3.8) is 0 Å². The van der Waals surface area contributed by atoms with Gasteiger partial charge in [-0.15, -0.1) is 0 Å². The van der Waals surface area contributed by atoms with Crippen LogP contribution in [-0.4, -0.2) is 29.3 Å². The number of nitrogens with one attached hydrogen (secondary N) is 1. The molecule has 0 spiro atoms. The number of hydrogen-bond donors (Lipinski definition) is 1. The number of benzene rings is 3. The van der Waals surface area contributed by atoms with E-state index in [9.17, 15) is 9.59 Å². The van der Waals surface area contributed by atoms with E-state index in [2.05, 4.69) is 88.5 Å². The Morgan fingerprint density at radius 3 is 2.08 bits per heavy atom. The van der Waals surface area contributed by atoms with Crippen LogP contribution in [-0.2, 0) is 34.4 Å². The number of aryl methyl sites for hydroxylation is 2. The van der Waals surface area contributed by atoms with Crippen LogP contribution in [0.4, 0.5) is 0 Å². The van der Waals surface area contributed by atoms with Gasteiger partial charge in [0.15, 0.2) is 0 Å². The second kappa shape index (κ2) is 13.9. The number of unbranched alkanes of at least 4 members (excludes halogenated alkanes) is 1. The van der Waals surface area contributed by atoms with Gasteiger partial charge in [-0.1, -0.05) is 119 Å². The van der Waals surface area contributed by atoms with E-state index in [4.69, 9.17) is 0 Å². The second-order valence-corrected chi connectivity index (χ2v) is 11.3. The lowest BCUT2D eigenvalue weighted by atomic mass is 9.86. The number of carbonyl (C=O) groups is 2. The number of rotatable bonds is 12. The molecule has 3 rings (SSSR count). The van der Waals surface area contributed by atoms with Gasteiger partial charge in [-0.2, -0.15) is 0 Å². The lowest BCUT2D eigenvalue weighted by Gasteiger charge is -2.32. The molecule has 3 aromatic rings. The first-order valence-corrected chi connectivity index (χ1v) is 13.9. The van der Waals surface area contributed by atoms with Gasteiger partial charge in [0.2, 0.25) is 11.8 Å². The predicted molar refractivity (Wildman–Crippen MR) is 157 cm³/mol. The molecule has 0 aromatic heterocycles.